The fourth-order valence-corrected chi connectivity index (χ4v) is 1.73. The standard InChI is InChI=1S/C8H12O5S/c1-3-11-8(9)5-4-7-6(2)12-14(10)13-7/h4-7H,3H2,1-2H3/b5-4+. The molecule has 0 aromatic carbocycles. The Kier molecular flexibility index (Phi) is 4.24. The van der Waals surface area contributed by atoms with Gasteiger partial charge in [-0.05, 0) is 19.9 Å². The van der Waals surface area contributed by atoms with Gasteiger partial charge in [-0.1, -0.05) is 0 Å². The molecule has 0 radical (unpaired) electrons. The lowest BCUT2D eigenvalue weighted by atomic mass is 10.2. The van der Waals surface area contributed by atoms with Crippen LogP contribution in [0.2, 0.25) is 0 Å². The molecule has 0 saturated carbocycles. The third kappa shape index (κ3) is 3.21. The van der Waals surface area contributed by atoms with E-state index in [2.05, 4.69) is 4.74 Å². The lowest BCUT2D eigenvalue weighted by Crippen LogP contribution is -2.16. The van der Waals surface area contributed by atoms with Crippen molar-refractivity contribution in [1.82, 2.24) is 0 Å². The van der Waals surface area contributed by atoms with Gasteiger partial charge in [-0.3, -0.25) is 8.37 Å². The summed E-state index contributed by atoms with van der Waals surface area (Å²) in [7, 11) is 0. The molecule has 6 heteroatoms. The van der Waals surface area contributed by atoms with Crippen molar-refractivity contribution in [2.45, 2.75) is 26.1 Å². The Bertz CT molecular complexity index is 262. The molecule has 0 amide bonds. The highest BCUT2D eigenvalue weighted by Crippen LogP contribution is 2.17. The maximum absolute atomic E-state index is 10.9. The Morgan fingerprint density at radius 1 is 1.57 bits per heavy atom. The van der Waals surface area contributed by atoms with E-state index in [1.54, 1.807) is 13.8 Å². The van der Waals surface area contributed by atoms with Gasteiger partial charge in [-0.25, -0.2) is 4.79 Å². The molecule has 0 N–H and O–H groups in total. The van der Waals surface area contributed by atoms with Crippen molar-refractivity contribution in [3.8, 4) is 0 Å². The van der Waals surface area contributed by atoms with E-state index in [1.807, 2.05) is 0 Å². The van der Waals surface area contributed by atoms with Gasteiger partial charge in [0.15, 0.2) is 0 Å². The maximum atomic E-state index is 10.9. The van der Waals surface area contributed by atoms with Gasteiger partial charge in [-0.15, -0.1) is 0 Å². The fraction of sp³-hybridized carbons (Fsp3) is 0.625. The van der Waals surface area contributed by atoms with Gasteiger partial charge in [0.1, 0.15) is 12.2 Å². The molecule has 1 saturated heterocycles. The summed E-state index contributed by atoms with van der Waals surface area (Å²) in [6.07, 6.45) is 1.95. The number of rotatable bonds is 3. The van der Waals surface area contributed by atoms with Gasteiger partial charge in [-0.2, -0.15) is 4.21 Å². The second-order valence-electron chi connectivity index (χ2n) is 2.68. The van der Waals surface area contributed by atoms with Gasteiger partial charge in [0, 0.05) is 6.08 Å². The highest BCUT2D eigenvalue weighted by Gasteiger charge is 2.29. The minimum Gasteiger partial charge on any atom is -0.463 e. The first-order chi connectivity index (χ1) is 6.63. The molecular weight excluding hydrogens is 208 g/mol. The lowest BCUT2D eigenvalue weighted by Gasteiger charge is -2.03. The van der Waals surface area contributed by atoms with E-state index >= 15 is 0 Å². The van der Waals surface area contributed by atoms with Gasteiger partial charge < -0.3 is 4.74 Å². The summed E-state index contributed by atoms with van der Waals surface area (Å²) in [5, 5.41) is 0. The van der Waals surface area contributed by atoms with E-state index in [4.69, 9.17) is 8.37 Å². The molecule has 1 heterocycles. The molecule has 0 aliphatic carbocycles. The molecule has 1 aliphatic rings. The number of ether oxygens (including phenoxy) is 1. The predicted octanol–water partition coefficient (Wildman–Crippen LogP) is 0.488. The number of carbonyl (C=O) groups is 1. The van der Waals surface area contributed by atoms with Crippen LogP contribution < -0.4 is 0 Å². The summed E-state index contributed by atoms with van der Waals surface area (Å²) >= 11 is -1.70. The fourth-order valence-electron chi connectivity index (χ4n) is 0.923. The number of hydrogen-bond donors (Lipinski definition) is 0. The zero-order chi connectivity index (χ0) is 10.6. The molecule has 3 atom stereocenters. The molecule has 1 aliphatic heterocycles. The Morgan fingerprint density at radius 2 is 2.29 bits per heavy atom. The van der Waals surface area contributed by atoms with Crippen molar-refractivity contribution in [2.24, 2.45) is 0 Å². The first kappa shape index (κ1) is 11.4. The molecule has 0 bridgehead atoms. The van der Waals surface area contributed by atoms with Gasteiger partial charge in [0.25, 0.3) is 0 Å². The van der Waals surface area contributed by atoms with Crippen LogP contribution in [0.25, 0.3) is 0 Å². The predicted molar refractivity (Wildman–Crippen MR) is 49.3 cm³/mol. The molecule has 80 valence electrons. The molecule has 0 aromatic rings. The smallest absolute Gasteiger partial charge is 0.330 e. The third-order valence-electron chi connectivity index (χ3n) is 1.59. The van der Waals surface area contributed by atoms with Gasteiger partial charge >= 0.3 is 17.3 Å². The second-order valence-corrected chi connectivity index (χ2v) is 3.47. The zero-order valence-electron chi connectivity index (χ0n) is 7.97. The summed E-state index contributed by atoms with van der Waals surface area (Å²) in [6, 6.07) is 0. The topological polar surface area (TPSA) is 61.8 Å². The maximum Gasteiger partial charge on any atom is 0.330 e. The van der Waals surface area contributed by atoms with Crippen LogP contribution in [0.4, 0.5) is 0 Å². The highest BCUT2D eigenvalue weighted by atomic mass is 32.2. The van der Waals surface area contributed by atoms with Crippen LogP contribution >= 0.6 is 0 Å². The van der Waals surface area contributed by atoms with Gasteiger partial charge in [0.05, 0.1) is 6.61 Å². The molecule has 0 aromatic heterocycles. The first-order valence-corrected chi connectivity index (χ1v) is 5.24. The monoisotopic (exact) mass is 220 g/mol. The molecule has 3 unspecified atom stereocenters. The van der Waals surface area contributed by atoms with Crippen LogP contribution in [0.3, 0.4) is 0 Å². The van der Waals surface area contributed by atoms with Crippen LogP contribution in [0.5, 0.6) is 0 Å². The van der Waals surface area contributed by atoms with Crippen LogP contribution in [0, 0.1) is 0 Å². The summed E-state index contributed by atoms with van der Waals surface area (Å²) in [4.78, 5) is 10.9. The quantitative estimate of drug-likeness (QED) is 0.511. The normalized spacial score (nSPS) is 32.3. The van der Waals surface area contributed by atoms with Crippen LogP contribution in [0.1, 0.15) is 13.8 Å². The molecule has 0 spiro atoms. The molecule has 5 nitrogen and oxygen atoms in total. The minimum absolute atomic E-state index is 0.318. The van der Waals surface area contributed by atoms with E-state index in [0.717, 1.165) is 0 Å². The SMILES string of the molecule is CCOC(=O)/C=C/C1OS(=O)OC1C. The summed E-state index contributed by atoms with van der Waals surface area (Å²) in [6.45, 7) is 3.76. The van der Waals surface area contributed by atoms with E-state index in [-0.39, 0.29) is 6.10 Å². The summed E-state index contributed by atoms with van der Waals surface area (Å²) < 4.78 is 25.1. The zero-order valence-corrected chi connectivity index (χ0v) is 8.78. The van der Waals surface area contributed by atoms with Crippen molar-refractivity contribution in [3.63, 3.8) is 0 Å². The van der Waals surface area contributed by atoms with Crippen LogP contribution in [0.15, 0.2) is 12.2 Å². The summed E-state index contributed by atoms with van der Waals surface area (Å²) in [5.74, 6) is -0.444. The Balaban J connectivity index is 2.44. The largest absolute Gasteiger partial charge is 0.463 e. The third-order valence-corrected chi connectivity index (χ3v) is 2.43. The Morgan fingerprint density at radius 3 is 2.79 bits per heavy atom. The van der Waals surface area contributed by atoms with Crippen molar-refractivity contribution in [1.29, 1.82) is 0 Å². The highest BCUT2D eigenvalue weighted by molar-refractivity contribution is 7.75. The van der Waals surface area contributed by atoms with E-state index in [1.165, 1.54) is 12.2 Å². The first-order valence-electron chi connectivity index (χ1n) is 4.24. The molecule has 14 heavy (non-hydrogen) atoms. The average Bonchev–Trinajstić information content (AvgIpc) is 2.42. The average molecular weight is 220 g/mol. The Labute approximate surface area is 84.9 Å². The van der Waals surface area contributed by atoms with Crippen molar-refractivity contribution >= 4 is 17.3 Å². The van der Waals surface area contributed by atoms with Crippen molar-refractivity contribution < 1.29 is 22.1 Å². The summed E-state index contributed by atoms with van der Waals surface area (Å²) in [5.41, 5.74) is 0. The molecule has 1 fully saturated rings. The van der Waals surface area contributed by atoms with E-state index < -0.39 is 23.4 Å². The van der Waals surface area contributed by atoms with Crippen molar-refractivity contribution in [3.05, 3.63) is 12.2 Å². The number of esters is 1. The molecular formula is C8H12O5S. The molecule has 1 rings (SSSR count). The lowest BCUT2D eigenvalue weighted by molar-refractivity contribution is -0.137. The van der Waals surface area contributed by atoms with Crippen LogP contribution in [-0.2, 0) is 29.3 Å². The van der Waals surface area contributed by atoms with Crippen LogP contribution in [-0.4, -0.2) is 29.0 Å². The van der Waals surface area contributed by atoms with Gasteiger partial charge in [0.2, 0.25) is 0 Å². The second kappa shape index (κ2) is 5.23. The van der Waals surface area contributed by atoms with E-state index in [9.17, 15) is 9.00 Å². The van der Waals surface area contributed by atoms with E-state index in [0.29, 0.717) is 6.61 Å². The number of carbonyl (C=O) groups excluding carboxylic acids is 1. The number of hydrogen-bond acceptors (Lipinski definition) is 5. The Hall–Kier alpha value is -0.720. The van der Waals surface area contributed by atoms with Crippen molar-refractivity contribution in [2.75, 3.05) is 6.61 Å². The minimum atomic E-state index is -1.70.